The molecular weight excluding hydrogens is 289 g/mol. The highest BCUT2D eigenvalue weighted by molar-refractivity contribution is 7.98. The Balaban J connectivity index is 2.57. The highest BCUT2D eigenvalue weighted by atomic mass is 35.5. The first-order valence-electron chi connectivity index (χ1n) is 5.76. The van der Waals surface area contributed by atoms with Crippen molar-refractivity contribution in [1.29, 1.82) is 0 Å². The number of carbonyl (C=O) groups is 1. The zero-order valence-electron chi connectivity index (χ0n) is 10.9. The highest BCUT2D eigenvalue weighted by Gasteiger charge is 2.21. The summed E-state index contributed by atoms with van der Waals surface area (Å²) in [5, 5.41) is 12.7. The third kappa shape index (κ3) is 5.38. The Kier molecular flexibility index (Phi) is 6.10. The summed E-state index contributed by atoms with van der Waals surface area (Å²) < 4.78 is 13.5. The first-order valence-corrected chi connectivity index (χ1v) is 7.54. The molecule has 1 amide bonds. The molecule has 0 saturated carbocycles. The van der Waals surface area contributed by atoms with Crippen LogP contribution in [0.1, 0.15) is 12.5 Å². The van der Waals surface area contributed by atoms with Gasteiger partial charge in [-0.05, 0) is 25.3 Å². The fourth-order valence-corrected chi connectivity index (χ4v) is 2.53. The first-order chi connectivity index (χ1) is 8.85. The molecule has 1 aromatic rings. The molecule has 0 spiro atoms. The molecule has 2 N–H and O–H groups in total. The summed E-state index contributed by atoms with van der Waals surface area (Å²) in [6.45, 7) is 1.76. The lowest BCUT2D eigenvalue weighted by Crippen LogP contribution is -2.43. The van der Waals surface area contributed by atoms with Gasteiger partial charge in [-0.15, -0.1) is 0 Å². The average molecular weight is 306 g/mol. The van der Waals surface area contributed by atoms with Crippen LogP contribution in [0.15, 0.2) is 18.2 Å². The fourth-order valence-electron chi connectivity index (χ4n) is 1.58. The number of benzene rings is 1. The van der Waals surface area contributed by atoms with Gasteiger partial charge >= 0.3 is 0 Å². The maximum Gasteiger partial charge on any atom is 0.224 e. The van der Waals surface area contributed by atoms with E-state index < -0.39 is 11.4 Å². The summed E-state index contributed by atoms with van der Waals surface area (Å²) in [7, 11) is 0. The van der Waals surface area contributed by atoms with Gasteiger partial charge in [-0.2, -0.15) is 11.8 Å². The Morgan fingerprint density at radius 1 is 1.58 bits per heavy atom. The molecule has 0 bridgehead atoms. The van der Waals surface area contributed by atoms with E-state index in [2.05, 4.69) is 5.32 Å². The molecule has 1 rings (SSSR count). The number of halogens is 2. The Hall–Kier alpha value is -0.780. The lowest BCUT2D eigenvalue weighted by atomic mass is 10.1. The minimum atomic E-state index is -0.978. The summed E-state index contributed by atoms with van der Waals surface area (Å²) in [6.07, 6.45) is 1.73. The SMILES string of the molecule is CSC[C@](C)(O)CNC(=O)Cc1c(F)cccc1Cl. The summed E-state index contributed by atoms with van der Waals surface area (Å²) >= 11 is 7.33. The zero-order valence-corrected chi connectivity index (χ0v) is 12.4. The standard InChI is InChI=1S/C13H17ClFNO2S/c1-13(18,8-19-2)7-16-12(17)6-9-10(14)4-3-5-11(9)15/h3-5,18H,6-8H2,1-2H3,(H,16,17)/t13-/m1/s1. The van der Waals surface area contributed by atoms with Crippen LogP contribution in [-0.4, -0.2) is 35.2 Å². The smallest absolute Gasteiger partial charge is 0.224 e. The van der Waals surface area contributed by atoms with Gasteiger partial charge in [0.25, 0.3) is 0 Å². The van der Waals surface area contributed by atoms with Gasteiger partial charge in [0.15, 0.2) is 0 Å². The molecule has 1 aromatic carbocycles. The van der Waals surface area contributed by atoms with Crippen LogP contribution in [0, 0.1) is 5.82 Å². The molecule has 0 aliphatic carbocycles. The van der Waals surface area contributed by atoms with E-state index in [1.54, 1.807) is 6.92 Å². The molecule has 0 unspecified atom stereocenters. The van der Waals surface area contributed by atoms with Gasteiger partial charge in [-0.3, -0.25) is 4.79 Å². The van der Waals surface area contributed by atoms with Crippen LogP contribution in [0.25, 0.3) is 0 Å². The monoisotopic (exact) mass is 305 g/mol. The molecule has 6 heteroatoms. The van der Waals surface area contributed by atoms with E-state index in [0.717, 1.165) is 0 Å². The Bertz CT molecular complexity index is 434. The molecule has 0 aliphatic heterocycles. The van der Waals surface area contributed by atoms with Gasteiger partial charge in [0, 0.05) is 22.9 Å². The topological polar surface area (TPSA) is 49.3 Å². The van der Waals surface area contributed by atoms with Crippen molar-refractivity contribution in [1.82, 2.24) is 5.32 Å². The minimum Gasteiger partial charge on any atom is -0.387 e. The Morgan fingerprint density at radius 3 is 2.84 bits per heavy atom. The number of thioether (sulfide) groups is 1. The van der Waals surface area contributed by atoms with Crippen molar-refractivity contribution in [3.63, 3.8) is 0 Å². The van der Waals surface area contributed by atoms with Crippen LogP contribution in [-0.2, 0) is 11.2 Å². The molecular formula is C13H17ClFNO2S. The molecule has 106 valence electrons. The summed E-state index contributed by atoms with van der Waals surface area (Å²) in [5.41, 5.74) is -0.806. The van der Waals surface area contributed by atoms with Crippen LogP contribution < -0.4 is 5.32 Å². The highest BCUT2D eigenvalue weighted by Crippen LogP contribution is 2.19. The van der Waals surface area contributed by atoms with Crippen molar-refractivity contribution in [2.75, 3.05) is 18.6 Å². The number of amides is 1. The third-order valence-corrected chi connectivity index (χ3v) is 3.79. The lowest BCUT2D eigenvalue weighted by Gasteiger charge is -2.22. The number of hydrogen-bond donors (Lipinski definition) is 2. The van der Waals surface area contributed by atoms with Crippen LogP contribution in [0.2, 0.25) is 5.02 Å². The minimum absolute atomic E-state index is 0.124. The van der Waals surface area contributed by atoms with Crippen molar-refractivity contribution >= 4 is 29.3 Å². The van der Waals surface area contributed by atoms with Gasteiger partial charge in [0.05, 0.1) is 12.0 Å². The molecule has 0 aromatic heterocycles. The number of carbonyl (C=O) groups excluding carboxylic acids is 1. The van der Waals surface area contributed by atoms with Crippen molar-refractivity contribution in [2.24, 2.45) is 0 Å². The van der Waals surface area contributed by atoms with Gasteiger partial charge in [-0.25, -0.2) is 4.39 Å². The van der Waals surface area contributed by atoms with Gasteiger partial charge in [0.1, 0.15) is 5.82 Å². The Morgan fingerprint density at radius 2 is 2.26 bits per heavy atom. The normalized spacial score (nSPS) is 13.9. The van der Waals surface area contributed by atoms with Crippen LogP contribution in [0.3, 0.4) is 0 Å². The van der Waals surface area contributed by atoms with E-state index in [0.29, 0.717) is 5.75 Å². The molecule has 0 saturated heterocycles. The maximum atomic E-state index is 13.5. The number of nitrogens with one attached hydrogen (secondary N) is 1. The van der Waals surface area contributed by atoms with Crippen LogP contribution in [0.5, 0.6) is 0 Å². The number of hydrogen-bond acceptors (Lipinski definition) is 3. The van der Waals surface area contributed by atoms with E-state index in [4.69, 9.17) is 11.6 Å². The van der Waals surface area contributed by atoms with Gasteiger partial charge < -0.3 is 10.4 Å². The number of rotatable bonds is 6. The second-order valence-corrected chi connectivity index (χ2v) is 5.86. The summed E-state index contributed by atoms with van der Waals surface area (Å²) in [5.74, 6) is -0.361. The predicted molar refractivity (Wildman–Crippen MR) is 77.1 cm³/mol. The molecule has 19 heavy (non-hydrogen) atoms. The summed E-state index contributed by atoms with van der Waals surface area (Å²) in [4.78, 5) is 11.7. The molecule has 0 radical (unpaired) electrons. The predicted octanol–water partition coefficient (Wildman–Crippen LogP) is 2.25. The van der Waals surface area contributed by atoms with E-state index >= 15 is 0 Å². The van der Waals surface area contributed by atoms with Crippen molar-refractivity contribution < 1.29 is 14.3 Å². The largest absolute Gasteiger partial charge is 0.387 e. The van der Waals surface area contributed by atoms with Crippen LogP contribution >= 0.6 is 23.4 Å². The molecule has 0 heterocycles. The molecule has 3 nitrogen and oxygen atoms in total. The van der Waals surface area contributed by atoms with Crippen molar-refractivity contribution in [3.8, 4) is 0 Å². The maximum absolute atomic E-state index is 13.5. The van der Waals surface area contributed by atoms with Crippen LogP contribution in [0.4, 0.5) is 4.39 Å². The lowest BCUT2D eigenvalue weighted by molar-refractivity contribution is -0.121. The first kappa shape index (κ1) is 16.3. The summed E-state index contributed by atoms with van der Waals surface area (Å²) in [6, 6.07) is 4.29. The molecule has 0 aliphatic rings. The van der Waals surface area contributed by atoms with E-state index in [-0.39, 0.29) is 29.5 Å². The van der Waals surface area contributed by atoms with Gasteiger partial charge in [0.2, 0.25) is 5.91 Å². The third-order valence-electron chi connectivity index (χ3n) is 2.52. The van der Waals surface area contributed by atoms with Gasteiger partial charge in [-0.1, -0.05) is 17.7 Å². The quantitative estimate of drug-likeness (QED) is 0.847. The fraction of sp³-hybridized carbons (Fsp3) is 0.462. The molecule has 0 fully saturated rings. The van der Waals surface area contributed by atoms with E-state index in [1.807, 2.05) is 6.26 Å². The second kappa shape index (κ2) is 7.12. The second-order valence-electron chi connectivity index (χ2n) is 4.58. The molecule has 1 atom stereocenters. The van der Waals surface area contributed by atoms with Crippen molar-refractivity contribution in [3.05, 3.63) is 34.6 Å². The number of aliphatic hydroxyl groups is 1. The van der Waals surface area contributed by atoms with E-state index in [9.17, 15) is 14.3 Å². The average Bonchev–Trinajstić information content (AvgIpc) is 2.32. The van der Waals surface area contributed by atoms with E-state index in [1.165, 1.54) is 30.0 Å². The Labute approximate surface area is 121 Å². The zero-order chi connectivity index (χ0) is 14.5. The van der Waals surface area contributed by atoms with Crippen molar-refractivity contribution in [2.45, 2.75) is 18.9 Å².